The van der Waals surface area contributed by atoms with Crippen LogP contribution < -0.4 is 4.74 Å². The minimum absolute atomic E-state index is 0.599. The average Bonchev–Trinajstić information content (AvgIpc) is 2.54. The number of aryl methyl sites for hydroxylation is 1. The molecule has 74 valence electrons. The lowest BCUT2D eigenvalue weighted by molar-refractivity contribution is 0.284. The first-order valence-electron chi connectivity index (χ1n) is 4.58. The van der Waals surface area contributed by atoms with Gasteiger partial charge in [0.2, 0.25) is 0 Å². The van der Waals surface area contributed by atoms with Gasteiger partial charge in [0.15, 0.2) is 5.65 Å². The Morgan fingerprint density at radius 3 is 3.07 bits per heavy atom. The summed E-state index contributed by atoms with van der Waals surface area (Å²) in [7, 11) is 1.88. The first-order valence-corrected chi connectivity index (χ1v) is 4.58. The van der Waals surface area contributed by atoms with E-state index in [1.165, 1.54) is 6.33 Å². The van der Waals surface area contributed by atoms with Crippen LogP contribution in [0.15, 0.2) is 12.5 Å². The van der Waals surface area contributed by atoms with Crippen LogP contribution in [0.4, 0.5) is 0 Å². The highest BCUT2D eigenvalue weighted by molar-refractivity contribution is 5.70. The maximum absolute atomic E-state index is 5.46. The summed E-state index contributed by atoms with van der Waals surface area (Å²) >= 11 is 0. The zero-order chi connectivity index (χ0) is 9.97. The highest BCUT2D eigenvalue weighted by Gasteiger charge is 2.08. The van der Waals surface area contributed by atoms with E-state index in [0.717, 1.165) is 17.6 Å². The maximum Gasteiger partial charge on any atom is 0.298 e. The number of hydrogen-bond acceptors (Lipinski definition) is 4. The summed E-state index contributed by atoms with van der Waals surface area (Å²) in [5, 5.41) is 0. The molecule has 0 amide bonds. The van der Waals surface area contributed by atoms with Gasteiger partial charge in [-0.05, 0) is 6.42 Å². The fraction of sp³-hybridized carbons (Fsp3) is 0.444. The van der Waals surface area contributed by atoms with Gasteiger partial charge in [0.25, 0.3) is 6.01 Å². The lowest BCUT2D eigenvalue weighted by Gasteiger charge is -2.02. The van der Waals surface area contributed by atoms with Crippen LogP contribution in [0.5, 0.6) is 6.01 Å². The molecule has 0 aromatic carbocycles. The summed E-state index contributed by atoms with van der Waals surface area (Å²) in [5.41, 5.74) is 1.56. The van der Waals surface area contributed by atoms with E-state index < -0.39 is 0 Å². The smallest absolute Gasteiger partial charge is 0.298 e. The van der Waals surface area contributed by atoms with Gasteiger partial charge in [0.1, 0.15) is 11.8 Å². The van der Waals surface area contributed by atoms with E-state index in [-0.39, 0.29) is 0 Å². The third-order valence-corrected chi connectivity index (χ3v) is 1.93. The van der Waals surface area contributed by atoms with Gasteiger partial charge in [-0.2, -0.15) is 4.98 Å². The summed E-state index contributed by atoms with van der Waals surface area (Å²) in [6, 6.07) is 0.599. The molecule has 2 aromatic heterocycles. The van der Waals surface area contributed by atoms with E-state index in [1.54, 1.807) is 6.20 Å². The number of hydrogen-bond donors (Lipinski definition) is 0. The Labute approximate surface area is 81.8 Å². The number of imidazole rings is 1. The van der Waals surface area contributed by atoms with Crippen LogP contribution >= 0.6 is 0 Å². The molecular formula is C9H12N4O. The van der Waals surface area contributed by atoms with E-state index in [9.17, 15) is 0 Å². The predicted molar refractivity (Wildman–Crippen MR) is 52.1 cm³/mol. The van der Waals surface area contributed by atoms with Gasteiger partial charge >= 0.3 is 0 Å². The van der Waals surface area contributed by atoms with Gasteiger partial charge in [0.05, 0.1) is 12.8 Å². The van der Waals surface area contributed by atoms with Crippen molar-refractivity contribution in [1.29, 1.82) is 0 Å². The standard InChI is InChI=1S/C9H12N4O/c1-3-4-14-9-12-7-5-10-6-11-8(7)13(9)2/h5-6H,3-4H2,1-2H3. The molecule has 2 heterocycles. The molecule has 0 aliphatic heterocycles. The lowest BCUT2D eigenvalue weighted by Crippen LogP contribution is -2.01. The van der Waals surface area contributed by atoms with Crippen molar-refractivity contribution in [3.63, 3.8) is 0 Å². The Balaban J connectivity index is 2.41. The molecule has 14 heavy (non-hydrogen) atoms. The first-order chi connectivity index (χ1) is 6.83. The van der Waals surface area contributed by atoms with Crippen molar-refractivity contribution in [2.24, 2.45) is 7.05 Å². The Hall–Kier alpha value is -1.65. The van der Waals surface area contributed by atoms with E-state index in [0.29, 0.717) is 12.6 Å². The van der Waals surface area contributed by atoms with Gasteiger partial charge in [-0.15, -0.1) is 0 Å². The number of ether oxygens (including phenoxy) is 1. The van der Waals surface area contributed by atoms with Gasteiger partial charge in [-0.1, -0.05) is 6.92 Å². The first kappa shape index (κ1) is 8.93. The van der Waals surface area contributed by atoms with Gasteiger partial charge in [0, 0.05) is 7.05 Å². The van der Waals surface area contributed by atoms with Crippen molar-refractivity contribution in [2.75, 3.05) is 6.61 Å². The van der Waals surface area contributed by atoms with E-state index in [4.69, 9.17) is 4.74 Å². The Kier molecular flexibility index (Phi) is 2.30. The van der Waals surface area contributed by atoms with Crippen LogP contribution in [0, 0.1) is 0 Å². The Morgan fingerprint density at radius 2 is 2.36 bits per heavy atom. The molecule has 0 saturated carbocycles. The molecular weight excluding hydrogens is 180 g/mol. The Bertz CT molecular complexity index is 437. The number of nitrogens with zero attached hydrogens (tertiary/aromatic N) is 4. The zero-order valence-electron chi connectivity index (χ0n) is 8.27. The largest absolute Gasteiger partial charge is 0.465 e. The van der Waals surface area contributed by atoms with Crippen molar-refractivity contribution in [3.8, 4) is 6.01 Å². The highest BCUT2D eigenvalue weighted by Crippen LogP contribution is 2.16. The molecule has 0 aliphatic rings. The zero-order valence-corrected chi connectivity index (χ0v) is 8.27. The summed E-state index contributed by atoms with van der Waals surface area (Å²) in [6.45, 7) is 2.73. The van der Waals surface area contributed by atoms with Gasteiger partial charge in [-0.25, -0.2) is 9.97 Å². The molecule has 2 aromatic rings. The van der Waals surface area contributed by atoms with Crippen LogP contribution in [0.25, 0.3) is 11.2 Å². The summed E-state index contributed by atoms with van der Waals surface area (Å²) in [5.74, 6) is 0. The van der Waals surface area contributed by atoms with Crippen LogP contribution in [-0.4, -0.2) is 26.1 Å². The SMILES string of the molecule is CCCOc1nc2cncnc2n1C. The summed E-state index contributed by atoms with van der Waals surface area (Å²) in [6.07, 6.45) is 4.16. The third-order valence-electron chi connectivity index (χ3n) is 1.93. The quantitative estimate of drug-likeness (QED) is 0.732. The van der Waals surface area contributed by atoms with Crippen molar-refractivity contribution in [3.05, 3.63) is 12.5 Å². The van der Waals surface area contributed by atoms with E-state index in [1.807, 2.05) is 11.6 Å². The minimum atomic E-state index is 0.599. The molecule has 0 bridgehead atoms. The second-order valence-corrected chi connectivity index (χ2v) is 3.03. The monoisotopic (exact) mass is 192 g/mol. The molecule has 0 fully saturated rings. The fourth-order valence-electron chi connectivity index (χ4n) is 1.24. The van der Waals surface area contributed by atoms with Gasteiger partial charge in [-0.3, -0.25) is 4.57 Å². The van der Waals surface area contributed by atoms with E-state index >= 15 is 0 Å². The van der Waals surface area contributed by atoms with Crippen molar-refractivity contribution >= 4 is 11.2 Å². The second-order valence-electron chi connectivity index (χ2n) is 3.03. The molecule has 0 aliphatic carbocycles. The maximum atomic E-state index is 5.46. The van der Waals surface area contributed by atoms with Crippen LogP contribution in [-0.2, 0) is 7.05 Å². The predicted octanol–water partition coefficient (Wildman–Crippen LogP) is 1.15. The lowest BCUT2D eigenvalue weighted by atomic mass is 10.5. The topological polar surface area (TPSA) is 52.8 Å². The van der Waals surface area contributed by atoms with Crippen LogP contribution in [0.2, 0.25) is 0 Å². The molecule has 2 rings (SSSR count). The van der Waals surface area contributed by atoms with Crippen LogP contribution in [0.1, 0.15) is 13.3 Å². The number of aromatic nitrogens is 4. The van der Waals surface area contributed by atoms with Crippen molar-refractivity contribution in [2.45, 2.75) is 13.3 Å². The Morgan fingerprint density at radius 1 is 1.50 bits per heavy atom. The molecule has 5 nitrogen and oxygen atoms in total. The van der Waals surface area contributed by atoms with Crippen LogP contribution in [0.3, 0.4) is 0 Å². The van der Waals surface area contributed by atoms with E-state index in [2.05, 4.69) is 21.9 Å². The average molecular weight is 192 g/mol. The molecule has 0 atom stereocenters. The number of rotatable bonds is 3. The molecule has 0 unspecified atom stereocenters. The summed E-state index contributed by atoms with van der Waals surface area (Å²) < 4.78 is 7.28. The van der Waals surface area contributed by atoms with Crippen molar-refractivity contribution < 1.29 is 4.74 Å². The number of fused-ring (bicyclic) bond motifs is 1. The molecule has 0 spiro atoms. The molecule has 0 N–H and O–H groups in total. The van der Waals surface area contributed by atoms with Crippen molar-refractivity contribution in [1.82, 2.24) is 19.5 Å². The molecule has 5 heteroatoms. The normalized spacial score (nSPS) is 10.7. The fourth-order valence-corrected chi connectivity index (χ4v) is 1.24. The third kappa shape index (κ3) is 1.41. The summed E-state index contributed by atoms with van der Waals surface area (Å²) in [4.78, 5) is 12.3. The highest BCUT2D eigenvalue weighted by atomic mass is 16.5. The molecule has 0 radical (unpaired) electrons. The molecule has 0 saturated heterocycles. The minimum Gasteiger partial charge on any atom is -0.465 e. The van der Waals surface area contributed by atoms with Gasteiger partial charge < -0.3 is 4.74 Å². The second kappa shape index (κ2) is 3.61.